The number of nitrogen functional groups attached to an aromatic ring is 1. The van der Waals surface area contributed by atoms with Gasteiger partial charge < -0.3 is 15.8 Å². The molecule has 0 aliphatic heterocycles. The van der Waals surface area contributed by atoms with Crippen LogP contribution in [0, 0.1) is 11.6 Å². The molecule has 17 heavy (non-hydrogen) atoms. The number of aliphatic hydroxyl groups is 1. The first kappa shape index (κ1) is 13.6. The molecule has 0 amide bonds. The molecule has 5 nitrogen and oxygen atoms in total. The highest BCUT2D eigenvalue weighted by Gasteiger charge is 2.14. The van der Waals surface area contributed by atoms with E-state index in [1.807, 2.05) is 5.43 Å². The Hall–Kier alpha value is -1.47. The van der Waals surface area contributed by atoms with Gasteiger partial charge in [-0.1, -0.05) is 0 Å². The van der Waals surface area contributed by atoms with E-state index in [9.17, 15) is 8.78 Å². The Morgan fingerprint density at radius 3 is 2.47 bits per heavy atom. The smallest absolute Gasteiger partial charge is 0.178 e. The van der Waals surface area contributed by atoms with E-state index in [2.05, 4.69) is 10.3 Å². The summed E-state index contributed by atoms with van der Waals surface area (Å²) in [6.45, 7) is 3.38. The fourth-order valence-electron chi connectivity index (χ4n) is 1.47. The standard InChI is InChI=1S/C10H16F2N4O/c1-5(3-6(2)17)14-9-7(11)4-8(12)10(15-9)16-13/h4-6,17H,3,13H2,1-2H3,(H2,14,15,16). The number of nitrogens with one attached hydrogen (secondary N) is 2. The molecule has 7 heteroatoms. The largest absolute Gasteiger partial charge is 0.393 e. The van der Waals surface area contributed by atoms with Gasteiger partial charge in [-0.3, -0.25) is 0 Å². The zero-order valence-electron chi connectivity index (χ0n) is 9.67. The van der Waals surface area contributed by atoms with Gasteiger partial charge >= 0.3 is 0 Å². The predicted molar refractivity (Wildman–Crippen MR) is 61.3 cm³/mol. The topological polar surface area (TPSA) is 83.2 Å². The molecule has 0 aliphatic carbocycles. The Morgan fingerprint density at radius 2 is 1.94 bits per heavy atom. The van der Waals surface area contributed by atoms with Crippen LogP contribution in [0.15, 0.2) is 6.07 Å². The molecule has 0 bridgehead atoms. The maximum Gasteiger partial charge on any atom is 0.178 e. The van der Waals surface area contributed by atoms with Crippen LogP contribution < -0.4 is 16.6 Å². The number of halogens is 2. The molecule has 96 valence electrons. The van der Waals surface area contributed by atoms with Crippen molar-refractivity contribution in [2.45, 2.75) is 32.4 Å². The van der Waals surface area contributed by atoms with Gasteiger partial charge in [0.25, 0.3) is 0 Å². The normalized spacial score (nSPS) is 14.2. The summed E-state index contributed by atoms with van der Waals surface area (Å²) in [7, 11) is 0. The third kappa shape index (κ3) is 3.79. The first-order chi connectivity index (χ1) is 7.93. The zero-order valence-corrected chi connectivity index (χ0v) is 9.67. The summed E-state index contributed by atoms with van der Waals surface area (Å²) in [5, 5.41) is 11.9. The molecule has 0 radical (unpaired) electrons. The molecule has 1 rings (SSSR count). The van der Waals surface area contributed by atoms with Crippen molar-refractivity contribution in [1.82, 2.24) is 4.98 Å². The van der Waals surface area contributed by atoms with Gasteiger partial charge in [0.1, 0.15) is 0 Å². The lowest BCUT2D eigenvalue weighted by Crippen LogP contribution is -2.22. The Balaban J connectivity index is 2.83. The summed E-state index contributed by atoms with van der Waals surface area (Å²) in [4.78, 5) is 3.66. The fraction of sp³-hybridized carbons (Fsp3) is 0.500. The second-order valence-electron chi connectivity index (χ2n) is 3.92. The van der Waals surface area contributed by atoms with E-state index in [1.165, 1.54) is 0 Å². The van der Waals surface area contributed by atoms with E-state index >= 15 is 0 Å². The number of nitrogens with zero attached hydrogens (tertiary/aromatic N) is 1. The van der Waals surface area contributed by atoms with Crippen LogP contribution in [0.1, 0.15) is 20.3 Å². The summed E-state index contributed by atoms with van der Waals surface area (Å²) in [5.74, 6) is 3.03. The lowest BCUT2D eigenvalue weighted by Gasteiger charge is -2.17. The van der Waals surface area contributed by atoms with Crippen LogP contribution in [-0.4, -0.2) is 22.2 Å². The monoisotopic (exact) mass is 246 g/mol. The van der Waals surface area contributed by atoms with Crippen molar-refractivity contribution in [1.29, 1.82) is 0 Å². The summed E-state index contributed by atoms with van der Waals surface area (Å²) in [6, 6.07) is 0.493. The van der Waals surface area contributed by atoms with Crippen molar-refractivity contribution >= 4 is 11.6 Å². The van der Waals surface area contributed by atoms with E-state index in [0.29, 0.717) is 12.5 Å². The minimum atomic E-state index is -0.862. The Labute approximate surface area is 98.0 Å². The molecule has 0 saturated heterocycles. The average molecular weight is 246 g/mol. The first-order valence-corrected chi connectivity index (χ1v) is 5.21. The second-order valence-corrected chi connectivity index (χ2v) is 3.92. The average Bonchev–Trinajstić information content (AvgIpc) is 2.20. The molecule has 0 saturated carbocycles. The van der Waals surface area contributed by atoms with Crippen LogP contribution in [0.4, 0.5) is 20.4 Å². The quantitative estimate of drug-likeness (QED) is 0.464. The lowest BCUT2D eigenvalue weighted by molar-refractivity contribution is 0.179. The zero-order chi connectivity index (χ0) is 13.0. The SMILES string of the molecule is CC(O)CC(C)Nc1nc(NN)c(F)cc1F. The number of pyridine rings is 1. The molecule has 0 aliphatic rings. The number of anilines is 2. The summed E-state index contributed by atoms with van der Waals surface area (Å²) >= 11 is 0. The molecule has 5 N–H and O–H groups in total. The molecule has 0 aromatic carbocycles. The molecule has 2 atom stereocenters. The van der Waals surface area contributed by atoms with E-state index < -0.39 is 17.7 Å². The van der Waals surface area contributed by atoms with Gasteiger partial charge in [-0.25, -0.2) is 19.6 Å². The van der Waals surface area contributed by atoms with Crippen LogP contribution in [0.3, 0.4) is 0 Å². The summed E-state index contributed by atoms with van der Waals surface area (Å²) < 4.78 is 26.4. The van der Waals surface area contributed by atoms with Gasteiger partial charge in [0, 0.05) is 12.1 Å². The predicted octanol–water partition coefficient (Wildman–Crippen LogP) is 1.22. The van der Waals surface area contributed by atoms with E-state index in [4.69, 9.17) is 10.9 Å². The van der Waals surface area contributed by atoms with Crippen LogP contribution in [0.5, 0.6) is 0 Å². The number of rotatable bonds is 5. The van der Waals surface area contributed by atoms with Gasteiger partial charge in [0.05, 0.1) is 6.10 Å². The molecule has 1 aromatic rings. The number of aromatic nitrogens is 1. The Kier molecular flexibility index (Phi) is 4.59. The molecule has 2 unspecified atom stereocenters. The summed E-state index contributed by atoms with van der Waals surface area (Å²) in [6.07, 6.45) is -0.0997. The third-order valence-electron chi connectivity index (χ3n) is 2.14. The van der Waals surface area contributed by atoms with Crippen molar-refractivity contribution in [2.75, 3.05) is 10.7 Å². The van der Waals surface area contributed by atoms with Crippen molar-refractivity contribution in [2.24, 2.45) is 5.84 Å². The van der Waals surface area contributed by atoms with Gasteiger partial charge in [-0.2, -0.15) is 0 Å². The highest BCUT2D eigenvalue weighted by molar-refractivity contribution is 5.47. The number of hydrogen-bond donors (Lipinski definition) is 4. The van der Waals surface area contributed by atoms with Crippen LogP contribution in [0.2, 0.25) is 0 Å². The van der Waals surface area contributed by atoms with Gasteiger partial charge in [0.2, 0.25) is 0 Å². The van der Waals surface area contributed by atoms with E-state index in [1.54, 1.807) is 13.8 Å². The van der Waals surface area contributed by atoms with Crippen molar-refractivity contribution < 1.29 is 13.9 Å². The Bertz CT molecular complexity index is 387. The molecule has 1 heterocycles. The maximum atomic E-state index is 13.4. The second kappa shape index (κ2) is 5.74. The third-order valence-corrected chi connectivity index (χ3v) is 2.14. The Morgan fingerprint density at radius 1 is 1.35 bits per heavy atom. The molecule has 0 fully saturated rings. The minimum Gasteiger partial charge on any atom is -0.393 e. The molecule has 1 aromatic heterocycles. The molecular weight excluding hydrogens is 230 g/mol. The number of aliphatic hydroxyl groups excluding tert-OH is 1. The summed E-state index contributed by atoms with van der Waals surface area (Å²) in [5.41, 5.74) is 2.03. The lowest BCUT2D eigenvalue weighted by atomic mass is 10.1. The fourth-order valence-corrected chi connectivity index (χ4v) is 1.47. The van der Waals surface area contributed by atoms with Crippen LogP contribution in [0.25, 0.3) is 0 Å². The number of nitrogens with two attached hydrogens (primary N) is 1. The van der Waals surface area contributed by atoms with Gasteiger partial charge in [-0.15, -0.1) is 0 Å². The first-order valence-electron chi connectivity index (χ1n) is 5.21. The van der Waals surface area contributed by atoms with Crippen molar-refractivity contribution in [3.8, 4) is 0 Å². The number of hydrazine groups is 1. The van der Waals surface area contributed by atoms with Crippen molar-refractivity contribution in [3.05, 3.63) is 17.7 Å². The van der Waals surface area contributed by atoms with Crippen molar-refractivity contribution in [3.63, 3.8) is 0 Å². The molecular formula is C10H16F2N4O. The van der Waals surface area contributed by atoms with Gasteiger partial charge in [0.15, 0.2) is 23.3 Å². The van der Waals surface area contributed by atoms with Gasteiger partial charge in [-0.05, 0) is 20.3 Å². The minimum absolute atomic E-state index is 0.104. The van der Waals surface area contributed by atoms with E-state index in [0.717, 1.165) is 0 Å². The highest BCUT2D eigenvalue weighted by atomic mass is 19.1. The highest BCUT2D eigenvalue weighted by Crippen LogP contribution is 2.19. The van der Waals surface area contributed by atoms with Crippen LogP contribution >= 0.6 is 0 Å². The van der Waals surface area contributed by atoms with Crippen LogP contribution in [-0.2, 0) is 0 Å². The van der Waals surface area contributed by atoms with E-state index in [-0.39, 0.29) is 17.7 Å². The number of hydrogen-bond acceptors (Lipinski definition) is 5. The maximum absolute atomic E-state index is 13.4. The molecule has 0 spiro atoms.